The van der Waals surface area contributed by atoms with E-state index in [4.69, 9.17) is 0 Å². The first kappa shape index (κ1) is 12.8. The van der Waals surface area contributed by atoms with Gasteiger partial charge in [-0.3, -0.25) is 4.79 Å². The van der Waals surface area contributed by atoms with Gasteiger partial charge in [0.25, 0.3) is 5.91 Å². The first-order valence-electron chi connectivity index (χ1n) is 5.56. The highest BCUT2D eigenvalue weighted by molar-refractivity contribution is 9.10. The molecule has 1 aromatic heterocycles. The third-order valence-electron chi connectivity index (χ3n) is 2.59. The van der Waals surface area contributed by atoms with Crippen LogP contribution in [0.2, 0.25) is 0 Å². The number of hydrogen-bond donors (Lipinski definition) is 1. The normalized spacial score (nSPS) is 10.2. The molecule has 0 unspecified atom stereocenters. The molecule has 0 fully saturated rings. The number of carbonyl (C=O) groups excluding carboxylic acids is 1. The van der Waals surface area contributed by atoms with E-state index < -0.39 is 0 Å². The molecule has 1 aromatic carbocycles. The van der Waals surface area contributed by atoms with Gasteiger partial charge >= 0.3 is 0 Å². The molecule has 92 valence electrons. The van der Waals surface area contributed by atoms with Crippen molar-refractivity contribution in [2.24, 2.45) is 0 Å². The zero-order chi connectivity index (χ0) is 13.1. The third-order valence-corrected chi connectivity index (χ3v) is 3.42. The van der Waals surface area contributed by atoms with E-state index in [0.29, 0.717) is 11.3 Å². The molecule has 0 saturated heterocycles. The maximum atomic E-state index is 12.0. The van der Waals surface area contributed by atoms with Crippen LogP contribution in [0.4, 0.5) is 5.69 Å². The number of nitrogens with zero attached hydrogens (tertiary/aromatic N) is 1. The van der Waals surface area contributed by atoms with Crippen molar-refractivity contribution in [3.63, 3.8) is 0 Å². The van der Waals surface area contributed by atoms with E-state index in [2.05, 4.69) is 26.2 Å². The molecule has 1 heterocycles. The Labute approximate surface area is 114 Å². The Hall–Kier alpha value is -1.68. The van der Waals surface area contributed by atoms with E-state index in [1.54, 1.807) is 6.20 Å². The van der Waals surface area contributed by atoms with Crippen LogP contribution in [0.3, 0.4) is 0 Å². The number of carbonyl (C=O) groups is 1. The number of benzene rings is 1. The number of aromatic nitrogens is 1. The summed E-state index contributed by atoms with van der Waals surface area (Å²) in [6, 6.07) is 9.33. The van der Waals surface area contributed by atoms with Crippen molar-refractivity contribution < 1.29 is 4.79 Å². The van der Waals surface area contributed by atoms with Gasteiger partial charge in [0, 0.05) is 5.56 Å². The zero-order valence-electron chi connectivity index (χ0n) is 10.2. The summed E-state index contributed by atoms with van der Waals surface area (Å²) in [7, 11) is 0. The number of nitrogens with one attached hydrogen (secondary N) is 1. The maximum absolute atomic E-state index is 12.0. The standard InChI is InChI=1S/C14H13BrN2O/c1-9-3-5-11(6-4-9)14(18)17-12-7-10(2)13(15)16-8-12/h3-8H,1-2H3,(H,17,18). The molecular formula is C14H13BrN2O. The molecule has 0 aliphatic heterocycles. The SMILES string of the molecule is Cc1ccc(C(=O)Nc2cnc(Br)c(C)c2)cc1. The minimum absolute atomic E-state index is 0.126. The fraction of sp³-hybridized carbons (Fsp3) is 0.143. The average Bonchev–Trinajstić information content (AvgIpc) is 2.34. The molecule has 18 heavy (non-hydrogen) atoms. The summed E-state index contributed by atoms with van der Waals surface area (Å²) in [5, 5.41) is 2.82. The molecule has 2 rings (SSSR count). The Kier molecular flexibility index (Phi) is 3.77. The van der Waals surface area contributed by atoms with Crippen LogP contribution in [0.25, 0.3) is 0 Å². The fourth-order valence-electron chi connectivity index (χ4n) is 1.53. The Morgan fingerprint density at radius 2 is 1.89 bits per heavy atom. The molecule has 4 heteroatoms. The van der Waals surface area contributed by atoms with Gasteiger partial charge in [0.15, 0.2) is 0 Å². The van der Waals surface area contributed by atoms with Crippen LogP contribution in [0.5, 0.6) is 0 Å². The number of hydrogen-bond acceptors (Lipinski definition) is 2. The predicted molar refractivity (Wildman–Crippen MR) is 75.8 cm³/mol. The maximum Gasteiger partial charge on any atom is 0.255 e. The lowest BCUT2D eigenvalue weighted by Crippen LogP contribution is -2.12. The third kappa shape index (κ3) is 2.96. The quantitative estimate of drug-likeness (QED) is 0.859. The van der Waals surface area contributed by atoms with Crippen molar-refractivity contribution in [2.75, 3.05) is 5.32 Å². The van der Waals surface area contributed by atoms with Crippen molar-refractivity contribution in [3.05, 3.63) is 57.8 Å². The van der Waals surface area contributed by atoms with Crippen molar-refractivity contribution in [2.45, 2.75) is 13.8 Å². The minimum Gasteiger partial charge on any atom is -0.321 e. The molecule has 0 bridgehead atoms. The van der Waals surface area contributed by atoms with Gasteiger partial charge in [-0.05, 0) is 53.5 Å². The number of aryl methyl sites for hydroxylation is 2. The Morgan fingerprint density at radius 3 is 2.50 bits per heavy atom. The van der Waals surface area contributed by atoms with E-state index in [9.17, 15) is 4.79 Å². The van der Waals surface area contributed by atoms with E-state index in [-0.39, 0.29) is 5.91 Å². The summed E-state index contributed by atoms with van der Waals surface area (Å²) < 4.78 is 0.788. The Bertz CT molecular complexity index is 579. The van der Waals surface area contributed by atoms with Crippen molar-refractivity contribution in [3.8, 4) is 0 Å². The van der Waals surface area contributed by atoms with Gasteiger partial charge in [0.05, 0.1) is 11.9 Å². The second kappa shape index (κ2) is 5.31. The Balaban J connectivity index is 2.16. The van der Waals surface area contributed by atoms with Crippen molar-refractivity contribution in [1.82, 2.24) is 4.98 Å². The minimum atomic E-state index is -0.126. The van der Waals surface area contributed by atoms with Crippen molar-refractivity contribution in [1.29, 1.82) is 0 Å². The van der Waals surface area contributed by atoms with Gasteiger partial charge in [-0.2, -0.15) is 0 Å². The van der Waals surface area contributed by atoms with Gasteiger partial charge in [0.1, 0.15) is 4.60 Å². The van der Waals surface area contributed by atoms with E-state index >= 15 is 0 Å². The second-order valence-electron chi connectivity index (χ2n) is 4.15. The summed E-state index contributed by atoms with van der Waals surface area (Å²) >= 11 is 3.32. The van der Waals surface area contributed by atoms with E-state index in [1.807, 2.05) is 44.2 Å². The van der Waals surface area contributed by atoms with Crippen LogP contribution < -0.4 is 5.32 Å². The van der Waals surface area contributed by atoms with E-state index in [0.717, 1.165) is 15.7 Å². The molecule has 0 saturated carbocycles. The number of anilines is 1. The monoisotopic (exact) mass is 304 g/mol. The lowest BCUT2D eigenvalue weighted by atomic mass is 10.1. The number of pyridine rings is 1. The lowest BCUT2D eigenvalue weighted by Gasteiger charge is -2.06. The van der Waals surface area contributed by atoms with Crippen LogP contribution in [-0.2, 0) is 0 Å². The summed E-state index contributed by atoms with van der Waals surface area (Å²) in [4.78, 5) is 16.1. The molecule has 1 N–H and O–H groups in total. The first-order chi connectivity index (χ1) is 8.56. The molecule has 0 atom stereocenters. The number of halogens is 1. The first-order valence-corrected chi connectivity index (χ1v) is 6.36. The predicted octanol–water partition coefficient (Wildman–Crippen LogP) is 3.71. The summed E-state index contributed by atoms with van der Waals surface area (Å²) in [6.07, 6.45) is 1.63. The zero-order valence-corrected chi connectivity index (χ0v) is 11.8. The van der Waals surface area contributed by atoms with Crippen LogP contribution in [0.15, 0.2) is 41.1 Å². The smallest absolute Gasteiger partial charge is 0.255 e. The van der Waals surface area contributed by atoms with Gasteiger partial charge < -0.3 is 5.32 Å². The molecular weight excluding hydrogens is 292 g/mol. The van der Waals surface area contributed by atoms with Crippen LogP contribution >= 0.6 is 15.9 Å². The number of rotatable bonds is 2. The fourth-order valence-corrected chi connectivity index (χ4v) is 1.75. The largest absolute Gasteiger partial charge is 0.321 e. The molecule has 3 nitrogen and oxygen atoms in total. The van der Waals surface area contributed by atoms with Crippen LogP contribution in [-0.4, -0.2) is 10.9 Å². The molecule has 0 aliphatic carbocycles. The summed E-state index contributed by atoms with van der Waals surface area (Å²) in [6.45, 7) is 3.92. The average molecular weight is 305 g/mol. The van der Waals surface area contributed by atoms with Crippen LogP contribution in [0.1, 0.15) is 21.5 Å². The number of amides is 1. The highest BCUT2D eigenvalue weighted by Crippen LogP contribution is 2.17. The molecule has 0 spiro atoms. The summed E-state index contributed by atoms with van der Waals surface area (Å²) in [5.41, 5.74) is 3.45. The van der Waals surface area contributed by atoms with Gasteiger partial charge in [-0.1, -0.05) is 17.7 Å². The van der Waals surface area contributed by atoms with Gasteiger partial charge in [0.2, 0.25) is 0 Å². The highest BCUT2D eigenvalue weighted by atomic mass is 79.9. The topological polar surface area (TPSA) is 42.0 Å². The van der Waals surface area contributed by atoms with Gasteiger partial charge in [-0.15, -0.1) is 0 Å². The lowest BCUT2D eigenvalue weighted by molar-refractivity contribution is 0.102. The molecule has 0 aliphatic rings. The highest BCUT2D eigenvalue weighted by Gasteiger charge is 2.06. The van der Waals surface area contributed by atoms with Crippen molar-refractivity contribution >= 4 is 27.5 Å². The molecule has 2 aromatic rings. The second-order valence-corrected chi connectivity index (χ2v) is 4.90. The Morgan fingerprint density at radius 1 is 1.22 bits per heavy atom. The molecule has 0 radical (unpaired) electrons. The van der Waals surface area contributed by atoms with E-state index in [1.165, 1.54) is 0 Å². The van der Waals surface area contributed by atoms with Gasteiger partial charge in [-0.25, -0.2) is 4.98 Å². The summed E-state index contributed by atoms with van der Waals surface area (Å²) in [5.74, 6) is -0.126. The van der Waals surface area contributed by atoms with Crippen LogP contribution in [0, 0.1) is 13.8 Å². The molecule has 1 amide bonds.